The lowest BCUT2D eigenvalue weighted by molar-refractivity contribution is -0.117. The highest BCUT2D eigenvalue weighted by atomic mass is 16.7. The van der Waals surface area contributed by atoms with Crippen molar-refractivity contribution in [2.45, 2.75) is 124 Å². The van der Waals surface area contributed by atoms with Gasteiger partial charge in [-0.3, -0.25) is 9.63 Å². The van der Waals surface area contributed by atoms with Crippen LogP contribution in [0.25, 0.3) is 0 Å². The second-order valence-corrected chi connectivity index (χ2v) is 15.4. The van der Waals surface area contributed by atoms with Crippen LogP contribution in [0.2, 0.25) is 0 Å². The van der Waals surface area contributed by atoms with E-state index in [0.29, 0.717) is 55.4 Å². The Morgan fingerprint density at radius 2 is 1.83 bits per heavy atom. The Bertz CT molecular complexity index is 1140. The van der Waals surface area contributed by atoms with Crippen LogP contribution in [0, 0.1) is 34.5 Å². The number of ether oxygens (including phenoxy) is 1. The zero-order valence-corrected chi connectivity index (χ0v) is 27.0. The van der Waals surface area contributed by atoms with Gasteiger partial charge < -0.3 is 14.5 Å². The Morgan fingerprint density at radius 3 is 2.57 bits per heavy atom. The van der Waals surface area contributed by atoms with Crippen molar-refractivity contribution < 1.29 is 24.0 Å². The molecule has 3 saturated carbocycles. The fourth-order valence-electron chi connectivity index (χ4n) is 9.62. The van der Waals surface area contributed by atoms with Crippen molar-refractivity contribution in [2.75, 3.05) is 20.1 Å². The second kappa shape index (κ2) is 11.6. The van der Waals surface area contributed by atoms with Gasteiger partial charge in [0.1, 0.15) is 5.60 Å². The van der Waals surface area contributed by atoms with Crippen LogP contribution in [0.1, 0.15) is 112 Å². The first-order valence-electron chi connectivity index (χ1n) is 16.4. The van der Waals surface area contributed by atoms with Crippen LogP contribution in [0.15, 0.2) is 16.8 Å². The van der Waals surface area contributed by atoms with Crippen LogP contribution in [-0.4, -0.2) is 65.3 Å². The lowest BCUT2D eigenvalue weighted by Gasteiger charge is -2.58. The SMILES string of the molecule is C/C(=N\OC(=O)N(C)CC[C@@H]1CCCN1C(=O)OC(C)(C)C)[C@H]1CC[C@H]2[C@@H]3CCC4=CC(=O)CC[C@]4(C)[C@H]3CC[C@]12C. The zero-order chi connectivity index (χ0) is 30.4. The van der Waals surface area contributed by atoms with Crippen LogP contribution in [0.3, 0.4) is 0 Å². The summed E-state index contributed by atoms with van der Waals surface area (Å²) in [6, 6.07) is 0.0635. The minimum Gasteiger partial charge on any atom is -0.444 e. The van der Waals surface area contributed by atoms with Crippen LogP contribution < -0.4 is 0 Å². The van der Waals surface area contributed by atoms with E-state index in [9.17, 15) is 14.4 Å². The molecule has 0 aromatic carbocycles. The minimum atomic E-state index is -0.525. The summed E-state index contributed by atoms with van der Waals surface area (Å²) in [6.07, 6.45) is 12.4. The number of nitrogens with zero attached hydrogens (tertiary/aromatic N) is 3. The predicted molar refractivity (Wildman–Crippen MR) is 163 cm³/mol. The van der Waals surface area contributed by atoms with Crippen LogP contribution >= 0.6 is 0 Å². The smallest absolute Gasteiger partial charge is 0.435 e. The van der Waals surface area contributed by atoms with Crippen LogP contribution in [0.4, 0.5) is 9.59 Å². The summed E-state index contributed by atoms with van der Waals surface area (Å²) in [7, 11) is 1.74. The molecule has 0 spiro atoms. The number of carbonyl (C=O) groups excluding carboxylic acids is 3. The van der Waals surface area contributed by atoms with E-state index in [-0.39, 0.29) is 23.0 Å². The van der Waals surface area contributed by atoms with Crippen molar-refractivity contribution in [2.24, 2.45) is 39.7 Å². The standard InChI is InChI=1S/C34H53N3O5/c1-22(35-42-30(39)36(7)20-16-24-9-8-19-37(24)31(40)41-32(2,3)4)27-12-13-28-26-11-10-23-21-25(38)14-17-33(23,5)29(26)15-18-34(27,28)6/h21,24,26-29H,8-20H2,1-7H3/b35-22+/t24-,26-,27+,28-,29-,33-,34+/m0/s1. The van der Waals surface area contributed by atoms with Crippen LogP contribution in [-0.2, 0) is 14.4 Å². The number of carbonyl (C=O) groups is 3. The molecule has 2 amide bonds. The van der Waals surface area contributed by atoms with Gasteiger partial charge in [-0.15, -0.1) is 0 Å². The molecule has 0 aromatic heterocycles. The van der Waals surface area contributed by atoms with Crippen molar-refractivity contribution in [1.29, 1.82) is 0 Å². The van der Waals surface area contributed by atoms with E-state index >= 15 is 0 Å². The summed E-state index contributed by atoms with van der Waals surface area (Å²) >= 11 is 0. The summed E-state index contributed by atoms with van der Waals surface area (Å²) in [4.78, 5) is 46.5. The molecular weight excluding hydrogens is 530 g/mol. The molecule has 8 heteroatoms. The zero-order valence-electron chi connectivity index (χ0n) is 27.0. The number of allylic oxidation sites excluding steroid dienone is 1. The summed E-state index contributed by atoms with van der Waals surface area (Å²) in [5, 5.41) is 4.41. The lowest BCUT2D eigenvalue weighted by Crippen LogP contribution is -2.51. The van der Waals surface area contributed by atoms with Crippen LogP contribution in [0.5, 0.6) is 0 Å². The van der Waals surface area contributed by atoms with E-state index in [1.165, 1.54) is 24.8 Å². The molecule has 0 bridgehead atoms. The summed E-state index contributed by atoms with van der Waals surface area (Å²) in [6.45, 7) is 13.7. The normalized spacial score (nSPS) is 36.5. The Balaban J connectivity index is 1.16. The van der Waals surface area contributed by atoms with Gasteiger partial charge in [0.15, 0.2) is 5.78 Å². The molecule has 0 aromatic rings. The molecule has 7 atom stereocenters. The van der Waals surface area contributed by atoms with E-state index in [2.05, 4.69) is 19.0 Å². The number of hydrogen-bond donors (Lipinski definition) is 0. The van der Waals surface area contributed by atoms with Crippen molar-refractivity contribution in [3.63, 3.8) is 0 Å². The Hall–Kier alpha value is -2.38. The molecule has 42 heavy (non-hydrogen) atoms. The third-order valence-electron chi connectivity index (χ3n) is 11.8. The van der Waals surface area contributed by atoms with E-state index in [1.54, 1.807) is 16.8 Å². The molecule has 0 N–H and O–H groups in total. The molecule has 1 heterocycles. The van der Waals surface area contributed by atoms with Crippen molar-refractivity contribution >= 4 is 23.7 Å². The summed E-state index contributed by atoms with van der Waals surface area (Å²) in [5.74, 6) is 2.65. The molecule has 8 nitrogen and oxygen atoms in total. The number of hydrogen-bond acceptors (Lipinski definition) is 6. The van der Waals surface area contributed by atoms with Gasteiger partial charge in [0, 0.05) is 38.5 Å². The molecule has 0 unspecified atom stereocenters. The van der Waals surface area contributed by atoms with E-state index in [1.807, 2.05) is 33.8 Å². The molecule has 4 aliphatic carbocycles. The molecular formula is C34H53N3O5. The van der Waals surface area contributed by atoms with Gasteiger partial charge in [-0.25, -0.2) is 9.59 Å². The molecule has 4 fully saturated rings. The highest BCUT2D eigenvalue weighted by Crippen LogP contribution is 2.66. The Morgan fingerprint density at radius 1 is 1.07 bits per heavy atom. The third-order valence-corrected chi connectivity index (χ3v) is 11.8. The van der Waals surface area contributed by atoms with E-state index in [4.69, 9.17) is 9.57 Å². The highest BCUT2D eigenvalue weighted by Gasteiger charge is 2.59. The quantitative estimate of drug-likeness (QED) is 0.192. The lowest BCUT2D eigenvalue weighted by atomic mass is 9.46. The first-order valence-corrected chi connectivity index (χ1v) is 16.4. The minimum absolute atomic E-state index is 0.0635. The maximum atomic E-state index is 12.9. The van der Waals surface area contributed by atoms with Crippen molar-refractivity contribution in [3.8, 4) is 0 Å². The van der Waals surface area contributed by atoms with E-state index < -0.39 is 11.7 Å². The fraction of sp³-hybridized carbons (Fsp3) is 0.824. The first kappa shape index (κ1) is 31.1. The number of likely N-dealkylation sites (tertiary alicyclic amines) is 1. The van der Waals surface area contributed by atoms with Gasteiger partial charge in [0.25, 0.3) is 0 Å². The highest BCUT2D eigenvalue weighted by molar-refractivity contribution is 5.91. The second-order valence-electron chi connectivity index (χ2n) is 15.4. The maximum Gasteiger partial charge on any atom is 0.435 e. The molecule has 5 aliphatic rings. The monoisotopic (exact) mass is 583 g/mol. The van der Waals surface area contributed by atoms with Gasteiger partial charge in [-0.1, -0.05) is 24.6 Å². The van der Waals surface area contributed by atoms with Gasteiger partial charge >= 0.3 is 12.2 Å². The number of oxime groups is 1. The first-order chi connectivity index (χ1) is 19.7. The molecule has 0 radical (unpaired) electrons. The van der Waals surface area contributed by atoms with Gasteiger partial charge in [0.2, 0.25) is 0 Å². The largest absolute Gasteiger partial charge is 0.444 e. The van der Waals surface area contributed by atoms with Gasteiger partial charge in [-0.05, 0) is 127 Å². The van der Waals surface area contributed by atoms with Gasteiger partial charge in [-0.2, -0.15) is 0 Å². The summed E-state index contributed by atoms with van der Waals surface area (Å²) in [5.41, 5.74) is 2.17. The topological polar surface area (TPSA) is 88.5 Å². The third kappa shape index (κ3) is 5.88. The summed E-state index contributed by atoms with van der Waals surface area (Å²) < 4.78 is 5.58. The average Bonchev–Trinajstić information content (AvgIpc) is 3.54. The predicted octanol–water partition coefficient (Wildman–Crippen LogP) is 7.37. The fourth-order valence-corrected chi connectivity index (χ4v) is 9.62. The molecule has 1 aliphatic heterocycles. The number of rotatable bonds is 5. The van der Waals surface area contributed by atoms with E-state index in [0.717, 1.165) is 44.2 Å². The Kier molecular flexibility index (Phi) is 8.58. The average molecular weight is 584 g/mol. The number of fused-ring (bicyclic) bond motifs is 5. The number of ketones is 1. The molecule has 234 valence electrons. The van der Waals surface area contributed by atoms with Crippen molar-refractivity contribution in [3.05, 3.63) is 11.6 Å². The maximum absolute atomic E-state index is 12.9. The Labute approximate surface area is 252 Å². The van der Waals surface area contributed by atoms with Crippen molar-refractivity contribution in [1.82, 2.24) is 9.80 Å². The molecule has 5 rings (SSSR count). The van der Waals surface area contributed by atoms with Gasteiger partial charge in [0.05, 0.1) is 5.71 Å². The molecule has 1 saturated heterocycles. The number of amides is 2.